The predicted molar refractivity (Wildman–Crippen MR) is 59.4 cm³/mol. The lowest BCUT2D eigenvalue weighted by Gasteiger charge is -2.31. The SMILES string of the molecule is CN(CC(C)(N)CO)C1CCS(=O)(=O)C1. The third kappa shape index (κ3) is 3.71. The smallest absolute Gasteiger partial charge is 0.151 e. The summed E-state index contributed by atoms with van der Waals surface area (Å²) in [5.41, 5.74) is 5.15. The Balaban J connectivity index is 2.53. The zero-order valence-corrected chi connectivity index (χ0v) is 10.1. The van der Waals surface area contributed by atoms with Gasteiger partial charge in [-0.25, -0.2) is 8.42 Å². The second kappa shape index (κ2) is 4.37. The molecule has 1 rings (SSSR count). The molecule has 0 radical (unpaired) electrons. The molecule has 2 unspecified atom stereocenters. The normalized spacial score (nSPS) is 29.3. The molecule has 2 atom stereocenters. The highest BCUT2D eigenvalue weighted by Crippen LogP contribution is 2.17. The van der Waals surface area contributed by atoms with E-state index in [9.17, 15) is 8.42 Å². The van der Waals surface area contributed by atoms with Crippen LogP contribution in [0.4, 0.5) is 0 Å². The van der Waals surface area contributed by atoms with Crippen molar-refractivity contribution in [3.63, 3.8) is 0 Å². The van der Waals surface area contributed by atoms with E-state index in [1.165, 1.54) is 0 Å². The number of aliphatic hydroxyl groups excluding tert-OH is 1. The van der Waals surface area contributed by atoms with Crippen LogP contribution in [-0.4, -0.2) is 61.7 Å². The van der Waals surface area contributed by atoms with Crippen molar-refractivity contribution >= 4 is 9.84 Å². The van der Waals surface area contributed by atoms with E-state index in [4.69, 9.17) is 10.8 Å². The molecule has 0 aromatic rings. The number of nitrogens with two attached hydrogens (primary N) is 1. The van der Waals surface area contributed by atoms with E-state index in [2.05, 4.69) is 0 Å². The molecule has 0 bridgehead atoms. The Morgan fingerprint density at radius 1 is 1.60 bits per heavy atom. The fourth-order valence-electron chi connectivity index (χ4n) is 1.87. The second-order valence-corrected chi connectivity index (χ2v) is 7.01. The third-order valence-corrected chi connectivity index (χ3v) is 4.55. The maximum absolute atomic E-state index is 11.3. The lowest BCUT2D eigenvalue weighted by atomic mass is 10.0. The number of nitrogens with zero attached hydrogens (tertiary/aromatic N) is 1. The van der Waals surface area contributed by atoms with Gasteiger partial charge in [-0.2, -0.15) is 0 Å². The molecule has 0 aliphatic carbocycles. The minimum Gasteiger partial charge on any atom is -0.394 e. The van der Waals surface area contributed by atoms with Crippen molar-refractivity contribution in [3.8, 4) is 0 Å². The molecule has 0 aromatic heterocycles. The van der Waals surface area contributed by atoms with E-state index in [0.29, 0.717) is 13.0 Å². The van der Waals surface area contributed by atoms with Crippen LogP contribution in [0.15, 0.2) is 0 Å². The van der Waals surface area contributed by atoms with E-state index in [1.807, 2.05) is 11.9 Å². The minimum atomic E-state index is -2.85. The van der Waals surface area contributed by atoms with E-state index in [-0.39, 0.29) is 24.2 Å². The lowest BCUT2D eigenvalue weighted by Crippen LogP contribution is -2.52. The maximum atomic E-state index is 11.3. The van der Waals surface area contributed by atoms with E-state index in [0.717, 1.165) is 0 Å². The number of aliphatic hydroxyl groups is 1. The molecule has 0 spiro atoms. The zero-order chi connectivity index (χ0) is 11.7. The summed E-state index contributed by atoms with van der Waals surface area (Å²) < 4.78 is 22.5. The first-order valence-electron chi connectivity index (χ1n) is 5.06. The standard InChI is InChI=1S/C9H20N2O3S/c1-9(10,7-12)6-11(2)8-3-4-15(13,14)5-8/h8,12H,3-7,10H2,1-2H3. The number of likely N-dealkylation sites (N-methyl/N-ethyl adjacent to an activating group) is 1. The summed E-state index contributed by atoms with van der Waals surface area (Å²) >= 11 is 0. The van der Waals surface area contributed by atoms with Crippen molar-refractivity contribution in [2.24, 2.45) is 5.73 Å². The zero-order valence-electron chi connectivity index (χ0n) is 9.31. The van der Waals surface area contributed by atoms with Crippen molar-refractivity contribution in [3.05, 3.63) is 0 Å². The summed E-state index contributed by atoms with van der Waals surface area (Å²) in [6.07, 6.45) is 0.667. The van der Waals surface area contributed by atoms with Gasteiger partial charge in [-0.05, 0) is 20.4 Å². The van der Waals surface area contributed by atoms with Gasteiger partial charge in [0.2, 0.25) is 0 Å². The van der Waals surface area contributed by atoms with Crippen molar-refractivity contribution in [2.45, 2.75) is 24.9 Å². The molecule has 5 nitrogen and oxygen atoms in total. The number of hydrogen-bond donors (Lipinski definition) is 2. The monoisotopic (exact) mass is 236 g/mol. The third-order valence-electron chi connectivity index (χ3n) is 2.80. The highest BCUT2D eigenvalue weighted by Gasteiger charge is 2.32. The van der Waals surface area contributed by atoms with Gasteiger partial charge in [-0.1, -0.05) is 0 Å². The lowest BCUT2D eigenvalue weighted by molar-refractivity contribution is 0.144. The summed E-state index contributed by atoms with van der Waals surface area (Å²) in [6, 6.07) is 0.0458. The second-order valence-electron chi connectivity index (χ2n) is 4.78. The topological polar surface area (TPSA) is 83.6 Å². The van der Waals surface area contributed by atoms with Gasteiger partial charge < -0.3 is 15.7 Å². The number of rotatable bonds is 4. The number of hydrogen-bond acceptors (Lipinski definition) is 5. The van der Waals surface area contributed by atoms with Crippen molar-refractivity contribution in [1.29, 1.82) is 0 Å². The quantitative estimate of drug-likeness (QED) is 0.641. The van der Waals surface area contributed by atoms with Crippen molar-refractivity contribution < 1.29 is 13.5 Å². The maximum Gasteiger partial charge on any atom is 0.151 e. The molecular formula is C9H20N2O3S. The van der Waals surface area contributed by atoms with Crippen molar-refractivity contribution in [2.75, 3.05) is 31.7 Å². The summed E-state index contributed by atoms with van der Waals surface area (Å²) in [6.45, 7) is 2.16. The van der Waals surface area contributed by atoms with Crippen LogP contribution in [0.25, 0.3) is 0 Å². The van der Waals surface area contributed by atoms with E-state index >= 15 is 0 Å². The van der Waals surface area contributed by atoms with E-state index < -0.39 is 15.4 Å². The summed E-state index contributed by atoms with van der Waals surface area (Å²) in [5, 5.41) is 9.02. The molecule has 1 fully saturated rings. The van der Waals surface area contributed by atoms with Gasteiger partial charge in [0.05, 0.1) is 18.1 Å². The first kappa shape index (κ1) is 12.9. The molecule has 1 heterocycles. The minimum absolute atomic E-state index is 0.0458. The molecule has 6 heteroatoms. The highest BCUT2D eigenvalue weighted by molar-refractivity contribution is 7.91. The Hall–Kier alpha value is -0.170. The molecule has 15 heavy (non-hydrogen) atoms. The average Bonchev–Trinajstić information content (AvgIpc) is 2.45. The first-order chi connectivity index (χ1) is 6.76. The van der Waals surface area contributed by atoms with Crippen LogP contribution in [0.1, 0.15) is 13.3 Å². The molecule has 1 saturated heterocycles. The Morgan fingerprint density at radius 2 is 2.20 bits per heavy atom. The van der Waals surface area contributed by atoms with Gasteiger partial charge in [0.1, 0.15) is 0 Å². The van der Waals surface area contributed by atoms with Crippen molar-refractivity contribution in [1.82, 2.24) is 4.90 Å². The molecule has 3 N–H and O–H groups in total. The molecule has 0 saturated carbocycles. The van der Waals surface area contributed by atoms with Gasteiger partial charge in [0, 0.05) is 18.1 Å². The Morgan fingerprint density at radius 3 is 2.60 bits per heavy atom. The summed E-state index contributed by atoms with van der Waals surface area (Å²) in [5.74, 6) is 0.480. The predicted octanol–water partition coefficient (Wildman–Crippen LogP) is -1.18. The van der Waals surface area contributed by atoms with Crippen LogP contribution in [0, 0.1) is 0 Å². The molecule has 90 valence electrons. The largest absolute Gasteiger partial charge is 0.394 e. The molecule has 1 aliphatic heterocycles. The van der Waals surface area contributed by atoms with Gasteiger partial charge in [0.25, 0.3) is 0 Å². The number of sulfone groups is 1. The molecule has 1 aliphatic rings. The van der Waals surface area contributed by atoms with Gasteiger partial charge >= 0.3 is 0 Å². The highest BCUT2D eigenvalue weighted by atomic mass is 32.2. The fraction of sp³-hybridized carbons (Fsp3) is 1.00. The van der Waals surface area contributed by atoms with Crippen LogP contribution < -0.4 is 5.73 Å². The van der Waals surface area contributed by atoms with Crippen LogP contribution in [0.2, 0.25) is 0 Å². The summed E-state index contributed by atoms with van der Waals surface area (Å²) in [7, 11) is -0.994. The van der Waals surface area contributed by atoms with Gasteiger partial charge in [-0.3, -0.25) is 0 Å². The van der Waals surface area contributed by atoms with Gasteiger partial charge in [-0.15, -0.1) is 0 Å². The van der Waals surface area contributed by atoms with Gasteiger partial charge in [0.15, 0.2) is 9.84 Å². The van der Waals surface area contributed by atoms with Crippen LogP contribution >= 0.6 is 0 Å². The molecular weight excluding hydrogens is 216 g/mol. The van der Waals surface area contributed by atoms with E-state index in [1.54, 1.807) is 6.92 Å². The van der Waals surface area contributed by atoms with Crippen LogP contribution in [0.3, 0.4) is 0 Å². The van der Waals surface area contributed by atoms with Crippen LogP contribution in [0.5, 0.6) is 0 Å². The molecule has 0 amide bonds. The first-order valence-corrected chi connectivity index (χ1v) is 6.88. The fourth-order valence-corrected chi connectivity index (χ4v) is 3.68. The Bertz CT molecular complexity index is 313. The average molecular weight is 236 g/mol. The molecule has 0 aromatic carbocycles. The summed E-state index contributed by atoms with van der Waals surface area (Å²) in [4.78, 5) is 1.93. The Kier molecular flexibility index (Phi) is 3.76. The Labute approximate surface area is 91.2 Å². The van der Waals surface area contributed by atoms with Crippen LogP contribution in [-0.2, 0) is 9.84 Å².